The van der Waals surface area contributed by atoms with Crippen molar-refractivity contribution in [2.24, 2.45) is 0 Å². The largest absolute Gasteiger partial charge is 0.173 e. The highest BCUT2D eigenvalue weighted by molar-refractivity contribution is 7.00. The van der Waals surface area contributed by atoms with E-state index < -0.39 is 0 Å². The third-order valence-electron chi connectivity index (χ3n) is 17.0. The molecule has 2 aliphatic rings. The van der Waals surface area contributed by atoms with E-state index in [1.165, 1.54) is 288 Å². The third-order valence-corrected chi connectivity index (χ3v) is 18.1. The van der Waals surface area contributed by atoms with E-state index in [1.54, 1.807) is 22.3 Å². The maximum Gasteiger partial charge on any atom is 0.113 e. The fourth-order valence-electron chi connectivity index (χ4n) is 13.2. The summed E-state index contributed by atoms with van der Waals surface area (Å²) in [6.45, 7) is 14.0. The van der Waals surface area contributed by atoms with Crippen LogP contribution in [-0.4, -0.2) is 17.5 Å². The van der Waals surface area contributed by atoms with Crippen molar-refractivity contribution in [2.45, 2.75) is 284 Å². The van der Waals surface area contributed by atoms with Gasteiger partial charge in [-0.2, -0.15) is 17.5 Å². The fraction of sp³-hybridized carbons (Fsp3) is 0.710. The minimum Gasteiger partial charge on any atom is -0.173 e. The fourth-order valence-corrected chi connectivity index (χ4v) is 14.4. The quantitative estimate of drug-likeness (QED) is 0.0375. The molecule has 0 saturated heterocycles. The molecule has 0 atom stereocenters. The molecule has 6 heteroatoms. The van der Waals surface area contributed by atoms with Crippen LogP contribution in [-0.2, 0) is 10.8 Å². The van der Waals surface area contributed by atoms with Gasteiger partial charge >= 0.3 is 0 Å². The molecule has 374 valence electrons. The van der Waals surface area contributed by atoms with E-state index in [9.17, 15) is 0 Å². The average Bonchev–Trinajstić information content (AvgIpc) is 4.14. The van der Waals surface area contributed by atoms with Gasteiger partial charge in [-0.15, -0.1) is 0 Å². The molecule has 0 amide bonds. The Morgan fingerprint density at radius 3 is 0.838 bits per heavy atom. The van der Waals surface area contributed by atoms with Gasteiger partial charge in [0.15, 0.2) is 0 Å². The number of aryl methyl sites for hydroxylation is 2. The Morgan fingerprint density at radius 2 is 0.559 bits per heavy atom. The molecular formula is C62H94N4S2. The van der Waals surface area contributed by atoms with Crippen molar-refractivity contribution in [1.82, 2.24) is 17.5 Å². The van der Waals surface area contributed by atoms with E-state index in [0.717, 1.165) is 22.1 Å². The monoisotopic (exact) mass is 959 g/mol. The Balaban J connectivity index is 1.33. The van der Waals surface area contributed by atoms with Gasteiger partial charge in [-0.25, -0.2) is 0 Å². The lowest BCUT2D eigenvalue weighted by molar-refractivity contribution is 0.393. The first-order valence-electron chi connectivity index (χ1n) is 29.2. The van der Waals surface area contributed by atoms with Crippen LogP contribution in [0.1, 0.15) is 292 Å². The molecule has 7 rings (SSSR count). The van der Waals surface area contributed by atoms with E-state index >= 15 is 0 Å². The molecule has 0 bridgehead atoms. The van der Waals surface area contributed by atoms with Crippen LogP contribution in [0, 0.1) is 13.8 Å². The molecule has 2 aromatic heterocycles. The van der Waals surface area contributed by atoms with Gasteiger partial charge in [-0.05, 0) is 96.2 Å². The summed E-state index contributed by atoms with van der Waals surface area (Å²) < 4.78 is 20.5. The van der Waals surface area contributed by atoms with E-state index in [4.69, 9.17) is 17.5 Å². The second-order valence-electron chi connectivity index (χ2n) is 22.2. The molecule has 2 aliphatic carbocycles. The topological polar surface area (TPSA) is 51.6 Å². The van der Waals surface area contributed by atoms with Crippen LogP contribution in [0.5, 0.6) is 0 Å². The minimum atomic E-state index is -0.0300. The first kappa shape index (κ1) is 53.1. The lowest BCUT2D eigenvalue weighted by Crippen LogP contribution is -2.27. The lowest BCUT2D eigenvalue weighted by Gasteiger charge is -2.35. The lowest BCUT2D eigenvalue weighted by atomic mass is 9.68. The zero-order valence-corrected chi connectivity index (χ0v) is 46.0. The Bertz CT molecular complexity index is 2080. The Kier molecular flexibility index (Phi) is 21.3. The molecule has 68 heavy (non-hydrogen) atoms. The van der Waals surface area contributed by atoms with Crippen LogP contribution in [0.3, 0.4) is 0 Å². The van der Waals surface area contributed by atoms with E-state index in [0.29, 0.717) is 0 Å². The Labute approximate surface area is 424 Å². The Hall–Kier alpha value is -2.70. The second kappa shape index (κ2) is 27.2. The molecule has 0 unspecified atom stereocenters. The van der Waals surface area contributed by atoms with Crippen LogP contribution in [0.4, 0.5) is 0 Å². The predicted molar refractivity (Wildman–Crippen MR) is 299 cm³/mol. The van der Waals surface area contributed by atoms with Gasteiger partial charge in [-0.1, -0.05) is 245 Å². The molecule has 0 N–H and O–H groups in total. The van der Waals surface area contributed by atoms with Crippen molar-refractivity contribution in [3.63, 3.8) is 0 Å². The van der Waals surface area contributed by atoms with Crippen molar-refractivity contribution in [1.29, 1.82) is 0 Å². The van der Waals surface area contributed by atoms with Gasteiger partial charge < -0.3 is 0 Å². The van der Waals surface area contributed by atoms with Crippen LogP contribution in [0.15, 0.2) is 24.3 Å². The normalized spacial score (nSPS) is 14.3. The Morgan fingerprint density at radius 1 is 0.309 bits per heavy atom. The van der Waals surface area contributed by atoms with Gasteiger partial charge in [0.25, 0.3) is 0 Å². The van der Waals surface area contributed by atoms with Gasteiger partial charge in [0.05, 0.1) is 23.5 Å². The maximum absolute atomic E-state index is 5.23. The third kappa shape index (κ3) is 12.3. The van der Waals surface area contributed by atoms with Gasteiger partial charge in [-0.3, -0.25) is 0 Å². The summed E-state index contributed by atoms with van der Waals surface area (Å²) in [5.41, 5.74) is 19.3. The van der Waals surface area contributed by atoms with Gasteiger partial charge in [0, 0.05) is 22.0 Å². The molecular weight excluding hydrogens is 865 g/mol. The van der Waals surface area contributed by atoms with Crippen molar-refractivity contribution in [2.75, 3.05) is 0 Å². The minimum absolute atomic E-state index is 0.0300. The van der Waals surface area contributed by atoms with Crippen molar-refractivity contribution < 1.29 is 0 Å². The smallest absolute Gasteiger partial charge is 0.113 e. The SMILES string of the molecule is CCCCCCCCCCC1(CCCCCCCCCC)c2cc3c(cc2-c2c1cc(C)c1nsnc21)C(CCCCCCCCCC)(CCCCCCCCCC)c1cc(C)c2nsnc2c1-3. The number of hydrogen-bond acceptors (Lipinski definition) is 6. The van der Waals surface area contributed by atoms with E-state index in [2.05, 4.69) is 65.8 Å². The maximum atomic E-state index is 5.23. The molecule has 5 aromatic rings. The van der Waals surface area contributed by atoms with Crippen molar-refractivity contribution in [3.8, 4) is 22.3 Å². The number of benzene rings is 3. The molecule has 3 aromatic carbocycles. The van der Waals surface area contributed by atoms with Crippen LogP contribution in [0.25, 0.3) is 44.3 Å². The zero-order valence-electron chi connectivity index (χ0n) is 44.4. The number of aromatic nitrogens is 4. The van der Waals surface area contributed by atoms with Gasteiger partial charge in [0.1, 0.15) is 22.1 Å². The summed E-state index contributed by atoms with van der Waals surface area (Å²) in [4.78, 5) is 0. The van der Waals surface area contributed by atoms with Gasteiger partial charge in [0.2, 0.25) is 0 Å². The van der Waals surface area contributed by atoms with Crippen LogP contribution in [0.2, 0.25) is 0 Å². The van der Waals surface area contributed by atoms with Crippen molar-refractivity contribution in [3.05, 3.63) is 57.6 Å². The van der Waals surface area contributed by atoms with Crippen LogP contribution >= 0.6 is 23.5 Å². The van der Waals surface area contributed by atoms with Crippen LogP contribution < -0.4 is 0 Å². The molecule has 2 heterocycles. The highest BCUT2D eigenvalue weighted by Crippen LogP contribution is 2.63. The number of unbranched alkanes of at least 4 members (excludes halogenated alkanes) is 28. The summed E-state index contributed by atoms with van der Waals surface area (Å²) in [7, 11) is 0. The molecule has 0 aliphatic heterocycles. The highest BCUT2D eigenvalue weighted by Gasteiger charge is 2.49. The highest BCUT2D eigenvalue weighted by atomic mass is 32.1. The number of fused-ring (bicyclic) bond motifs is 10. The summed E-state index contributed by atoms with van der Waals surface area (Å²) in [6.07, 6.45) is 48.2. The first-order valence-corrected chi connectivity index (χ1v) is 30.6. The molecule has 0 saturated carbocycles. The van der Waals surface area contributed by atoms with Crippen molar-refractivity contribution >= 4 is 45.5 Å². The van der Waals surface area contributed by atoms with E-state index in [1.807, 2.05) is 0 Å². The number of nitrogens with zero attached hydrogens (tertiary/aromatic N) is 4. The zero-order chi connectivity index (χ0) is 47.6. The summed E-state index contributed by atoms with van der Waals surface area (Å²) in [6, 6.07) is 10.8. The molecule has 0 spiro atoms. The second-order valence-corrected chi connectivity index (χ2v) is 23.2. The summed E-state index contributed by atoms with van der Waals surface area (Å²) in [5, 5.41) is 0. The van der Waals surface area contributed by atoms with E-state index in [-0.39, 0.29) is 10.8 Å². The molecule has 4 nitrogen and oxygen atoms in total. The number of hydrogen-bond donors (Lipinski definition) is 0. The average molecular weight is 960 g/mol. The molecule has 0 fully saturated rings. The number of rotatable bonds is 36. The molecule has 0 radical (unpaired) electrons. The predicted octanol–water partition coefficient (Wildman–Crippen LogP) is 21.0. The first-order chi connectivity index (χ1) is 33.5. The standard InChI is InChI=1S/C62H94N4S2/c1-7-11-15-19-23-27-31-35-39-61(40-36-32-28-24-20-16-12-8-2)51-45-50-52(46-49(51)55-53(61)43-47(5)57-59(55)65-67-63-57)62(41-37-33-29-25-21-17-13-9-3,42-38-34-30-26-22-18-14-10-4)54-44-48(6)58-60(56(50)54)66-68-64-58/h43-46H,7-42H2,1-6H3. The summed E-state index contributed by atoms with van der Waals surface area (Å²) in [5.74, 6) is 0. The summed E-state index contributed by atoms with van der Waals surface area (Å²) >= 11 is 2.84.